The summed E-state index contributed by atoms with van der Waals surface area (Å²) in [6.07, 6.45) is 6.86. The van der Waals surface area contributed by atoms with Gasteiger partial charge in [0.2, 0.25) is 0 Å². The van der Waals surface area contributed by atoms with E-state index in [1.54, 1.807) is 21.3 Å². The average Bonchev–Trinajstić information content (AvgIpc) is 3.29. The number of imidazole rings is 1. The van der Waals surface area contributed by atoms with E-state index in [2.05, 4.69) is 31.7 Å². The van der Waals surface area contributed by atoms with Gasteiger partial charge >= 0.3 is 0 Å². The molecule has 8 heteroatoms. The molecule has 1 aromatic carbocycles. The maximum atomic E-state index is 5.56. The van der Waals surface area contributed by atoms with E-state index >= 15 is 0 Å². The number of rotatable bonds is 6. The fourth-order valence-corrected chi connectivity index (χ4v) is 3.85. The van der Waals surface area contributed by atoms with Gasteiger partial charge in [-0.3, -0.25) is 4.99 Å². The first-order chi connectivity index (χ1) is 14.1. The van der Waals surface area contributed by atoms with Gasteiger partial charge in [-0.25, -0.2) is 4.98 Å². The zero-order valence-corrected chi connectivity index (χ0v) is 17.9. The Morgan fingerprint density at radius 3 is 2.48 bits per heavy atom. The van der Waals surface area contributed by atoms with Crippen molar-refractivity contribution in [3.63, 3.8) is 0 Å². The molecule has 1 aliphatic heterocycles. The molecule has 1 aliphatic rings. The molecule has 1 saturated heterocycles. The van der Waals surface area contributed by atoms with Gasteiger partial charge in [-0.05, 0) is 12.3 Å². The number of guanidine groups is 1. The number of nitrogens with zero attached hydrogens (tertiary/aromatic N) is 4. The van der Waals surface area contributed by atoms with Crippen LogP contribution in [0.4, 0.5) is 0 Å². The van der Waals surface area contributed by atoms with Crippen molar-refractivity contribution in [2.45, 2.75) is 25.9 Å². The number of nitrogens with one attached hydrogen (secondary N) is 1. The van der Waals surface area contributed by atoms with Crippen molar-refractivity contribution in [2.75, 3.05) is 41.5 Å². The Labute approximate surface area is 172 Å². The molecule has 0 aliphatic carbocycles. The van der Waals surface area contributed by atoms with Crippen molar-refractivity contribution in [1.29, 1.82) is 0 Å². The second-order valence-electron chi connectivity index (χ2n) is 7.20. The van der Waals surface area contributed by atoms with E-state index in [1.165, 1.54) is 0 Å². The first-order valence-corrected chi connectivity index (χ1v) is 9.83. The van der Waals surface area contributed by atoms with Crippen LogP contribution in [0.15, 0.2) is 35.8 Å². The predicted molar refractivity (Wildman–Crippen MR) is 113 cm³/mol. The van der Waals surface area contributed by atoms with Crippen molar-refractivity contribution in [3.8, 4) is 17.2 Å². The van der Waals surface area contributed by atoms with Crippen molar-refractivity contribution >= 4 is 5.96 Å². The van der Waals surface area contributed by atoms with E-state index in [0.29, 0.717) is 35.8 Å². The average molecular weight is 402 g/mol. The minimum atomic E-state index is 0.370. The largest absolute Gasteiger partial charge is 0.496 e. The molecule has 8 nitrogen and oxygen atoms in total. The lowest BCUT2D eigenvalue weighted by Gasteiger charge is -2.39. The number of aromatic nitrogens is 2. The number of methoxy groups -OCH3 is 3. The summed E-state index contributed by atoms with van der Waals surface area (Å²) in [6, 6.07) is 4.09. The van der Waals surface area contributed by atoms with E-state index in [0.717, 1.165) is 31.0 Å². The number of hydrogen-bond acceptors (Lipinski definition) is 5. The van der Waals surface area contributed by atoms with Crippen LogP contribution in [0.3, 0.4) is 0 Å². The van der Waals surface area contributed by atoms with Gasteiger partial charge < -0.3 is 29.0 Å². The quantitative estimate of drug-likeness (QED) is 0.592. The molecule has 1 aromatic heterocycles. The van der Waals surface area contributed by atoms with Crippen molar-refractivity contribution in [3.05, 3.63) is 36.4 Å². The number of aliphatic imine (C=N–C) groups is 1. The van der Waals surface area contributed by atoms with E-state index in [4.69, 9.17) is 14.2 Å². The van der Waals surface area contributed by atoms with Gasteiger partial charge in [-0.1, -0.05) is 6.92 Å². The fraction of sp³-hybridized carbons (Fsp3) is 0.524. The van der Waals surface area contributed by atoms with Crippen molar-refractivity contribution in [1.82, 2.24) is 19.8 Å². The molecule has 29 heavy (non-hydrogen) atoms. The zero-order valence-electron chi connectivity index (χ0n) is 17.9. The summed E-state index contributed by atoms with van der Waals surface area (Å²) in [5.41, 5.74) is 0.925. The molecule has 2 atom stereocenters. The molecule has 0 radical (unpaired) electrons. The SMILES string of the molecule is CN=C(NCc1c(OC)cc(OC)cc1OC)N1CCC(C)C(n2ccnc2)C1. The molecule has 2 aromatic rings. The Morgan fingerprint density at radius 2 is 1.93 bits per heavy atom. The van der Waals surface area contributed by atoms with Gasteiger partial charge in [0.05, 0.1) is 45.8 Å². The van der Waals surface area contributed by atoms with Crippen LogP contribution >= 0.6 is 0 Å². The second-order valence-corrected chi connectivity index (χ2v) is 7.20. The standard InChI is InChI=1S/C21H31N5O3/c1-15-6-8-25(13-18(15)26-9-7-23-14-26)21(22-2)24-12-17-19(28-4)10-16(27-3)11-20(17)29-5/h7,9-11,14-15,18H,6,8,12-13H2,1-5H3,(H,22,24). The van der Waals surface area contributed by atoms with E-state index < -0.39 is 0 Å². The minimum Gasteiger partial charge on any atom is -0.496 e. The summed E-state index contributed by atoms with van der Waals surface area (Å²) >= 11 is 0. The lowest BCUT2D eigenvalue weighted by molar-refractivity contribution is 0.189. The number of likely N-dealkylation sites (tertiary alicyclic amines) is 1. The summed E-state index contributed by atoms with van der Waals surface area (Å²) in [7, 11) is 6.74. The van der Waals surface area contributed by atoms with E-state index in [1.807, 2.05) is 37.9 Å². The molecule has 3 rings (SSSR count). The van der Waals surface area contributed by atoms with Gasteiger partial charge in [-0.15, -0.1) is 0 Å². The molecule has 158 valence electrons. The molecule has 0 bridgehead atoms. The highest BCUT2D eigenvalue weighted by Crippen LogP contribution is 2.34. The van der Waals surface area contributed by atoms with E-state index in [9.17, 15) is 0 Å². The normalized spacial score (nSPS) is 19.8. The maximum Gasteiger partial charge on any atom is 0.193 e. The number of piperidine rings is 1. The van der Waals surface area contributed by atoms with Crippen LogP contribution < -0.4 is 19.5 Å². The Balaban J connectivity index is 1.74. The minimum absolute atomic E-state index is 0.370. The third-order valence-corrected chi connectivity index (χ3v) is 5.58. The van der Waals surface area contributed by atoms with Gasteiger partial charge in [-0.2, -0.15) is 0 Å². The lowest BCUT2D eigenvalue weighted by atomic mass is 9.93. The van der Waals surface area contributed by atoms with Crippen molar-refractivity contribution in [2.24, 2.45) is 10.9 Å². The van der Waals surface area contributed by atoms with Crippen LogP contribution in [-0.2, 0) is 6.54 Å². The smallest absolute Gasteiger partial charge is 0.193 e. The molecule has 2 heterocycles. The summed E-state index contributed by atoms with van der Waals surface area (Å²) in [6.45, 7) is 4.67. The highest BCUT2D eigenvalue weighted by molar-refractivity contribution is 5.80. The molecular weight excluding hydrogens is 370 g/mol. The van der Waals surface area contributed by atoms with Crippen LogP contribution in [0.5, 0.6) is 17.2 Å². The van der Waals surface area contributed by atoms with Crippen LogP contribution in [0.1, 0.15) is 24.9 Å². The first kappa shape index (κ1) is 20.8. The van der Waals surface area contributed by atoms with Crippen LogP contribution in [0.2, 0.25) is 0 Å². The Kier molecular flexibility index (Phi) is 6.85. The zero-order chi connectivity index (χ0) is 20.8. The van der Waals surface area contributed by atoms with Crippen LogP contribution in [0.25, 0.3) is 0 Å². The molecule has 2 unspecified atom stereocenters. The molecule has 0 amide bonds. The highest BCUT2D eigenvalue weighted by Gasteiger charge is 2.29. The highest BCUT2D eigenvalue weighted by atomic mass is 16.5. The second kappa shape index (κ2) is 9.54. The Bertz CT molecular complexity index is 797. The summed E-state index contributed by atoms with van der Waals surface area (Å²) in [4.78, 5) is 11.0. The van der Waals surface area contributed by atoms with Gasteiger partial charge in [0.1, 0.15) is 17.2 Å². The third-order valence-electron chi connectivity index (χ3n) is 5.58. The third kappa shape index (κ3) is 4.58. The molecule has 0 spiro atoms. The Morgan fingerprint density at radius 1 is 1.21 bits per heavy atom. The predicted octanol–water partition coefficient (Wildman–Crippen LogP) is 2.57. The number of benzene rings is 1. The maximum absolute atomic E-state index is 5.56. The first-order valence-electron chi connectivity index (χ1n) is 9.83. The van der Waals surface area contributed by atoms with Crippen LogP contribution in [0, 0.1) is 5.92 Å². The van der Waals surface area contributed by atoms with Crippen molar-refractivity contribution < 1.29 is 14.2 Å². The topological polar surface area (TPSA) is 73.1 Å². The molecule has 1 N–H and O–H groups in total. The number of hydrogen-bond donors (Lipinski definition) is 1. The fourth-order valence-electron chi connectivity index (χ4n) is 3.85. The lowest BCUT2D eigenvalue weighted by Crippen LogP contribution is -2.48. The van der Waals surface area contributed by atoms with Gasteiger partial charge in [0.25, 0.3) is 0 Å². The molecular formula is C21H31N5O3. The number of ether oxygens (including phenoxy) is 3. The van der Waals surface area contributed by atoms with Crippen LogP contribution in [-0.4, -0.2) is 61.9 Å². The van der Waals surface area contributed by atoms with Gasteiger partial charge in [0, 0.05) is 44.7 Å². The van der Waals surface area contributed by atoms with Gasteiger partial charge in [0.15, 0.2) is 5.96 Å². The molecule has 1 fully saturated rings. The monoisotopic (exact) mass is 401 g/mol. The Hall–Kier alpha value is -2.90. The molecule has 0 saturated carbocycles. The van der Waals surface area contributed by atoms with E-state index in [-0.39, 0.29) is 0 Å². The summed E-state index contributed by atoms with van der Waals surface area (Å²) in [5.74, 6) is 3.57. The summed E-state index contributed by atoms with van der Waals surface area (Å²) < 4.78 is 18.6. The summed E-state index contributed by atoms with van der Waals surface area (Å²) in [5, 5.41) is 3.47.